The first-order valence-electron chi connectivity index (χ1n) is 8.09. The number of amides is 1. The number of aliphatic carboxylic acids is 1. The van der Waals surface area contributed by atoms with Crippen molar-refractivity contribution >= 4 is 11.9 Å². The van der Waals surface area contributed by atoms with Gasteiger partial charge in [-0.25, -0.2) is 9.07 Å². The Labute approximate surface area is 144 Å². The standard InChI is InChI=1S/C17H19FN4O3/c1-10-7-13(18)5-6-15(10)22-9-14(19-20-22)16(23)21-8-12(17(24)25)4-3-11(21)2/h5-7,9,11-12H,3-4,8H2,1-2H3,(H,24,25). The van der Waals surface area contributed by atoms with Gasteiger partial charge in [-0.1, -0.05) is 5.21 Å². The molecule has 2 atom stereocenters. The fourth-order valence-electron chi connectivity index (χ4n) is 3.09. The molecule has 0 bridgehead atoms. The lowest BCUT2D eigenvalue weighted by molar-refractivity contribution is -0.143. The third-order valence-electron chi connectivity index (χ3n) is 4.61. The zero-order valence-electron chi connectivity index (χ0n) is 14.0. The van der Waals surface area contributed by atoms with Crippen LogP contribution in [0.3, 0.4) is 0 Å². The number of piperidine rings is 1. The number of nitrogens with zero attached hydrogens (tertiary/aromatic N) is 4. The molecule has 0 saturated carbocycles. The van der Waals surface area contributed by atoms with Crippen molar-refractivity contribution in [2.75, 3.05) is 6.54 Å². The Morgan fingerprint density at radius 1 is 1.32 bits per heavy atom. The Bertz CT molecular complexity index is 820. The molecule has 1 aliphatic rings. The number of hydrogen-bond donors (Lipinski definition) is 1. The van der Waals surface area contributed by atoms with Gasteiger partial charge in [-0.3, -0.25) is 9.59 Å². The number of halogens is 1. The summed E-state index contributed by atoms with van der Waals surface area (Å²) in [6, 6.07) is 4.21. The van der Waals surface area contributed by atoms with Crippen molar-refractivity contribution in [2.45, 2.75) is 32.7 Å². The van der Waals surface area contributed by atoms with Gasteiger partial charge in [-0.15, -0.1) is 5.10 Å². The second kappa shape index (κ2) is 6.62. The lowest BCUT2D eigenvalue weighted by Gasteiger charge is -2.35. The third-order valence-corrected chi connectivity index (χ3v) is 4.61. The summed E-state index contributed by atoms with van der Waals surface area (Å²) in [6.07, 6.45) is 2.68. The Kier molecular flexibility index (Phi) is 4.52. The van der Waals surface area contributed by atoms with E-state index in [2.05, 4.69) is 10.3 Å². The second-order valence-corrected chi connectivity index (χ2v) is 6.40. The van der Waals surface area contributed by atoms with Gasteiger partial charge in [0, 0.05) is 12.6 Å². The van der Waals surface area contributed by atoms with Crippen LogP contribution in [0.2, 0.25) is 0 Å². The van der Waals surface area contributed by atoms with Gasteiger partial charge in [0.25, 0.3) is 5.91 Å². The van der Waals surface area contributed by atoms with Gasteiger partial charge in [0.2, 0.25) is 0 Å². The Morgan fingerprint density at radius 3 is 2.76 bits per heavy atom. The smallest absolute Gasteiger partial charge is 0.308 e. The number of carbonyl (C=O) groups is 2. The van der Waals surface area contributed by atoms with Crippen molar-refractivity contribution in [3.05, 3.63) is 41.5 Å². The van der Waals surface area contributed by atoms with E-state index in [4.69, 9.17) is 0 Å². The summed E-state index contributed by atoms with van der Waals surface area (Å²) in [5, 5.41) is 17.1. The SMILES string of the molecule is Cc1cc(F)ccc1-n1cc(C(=O)N2CC(C(=O)O)CCC2C)nn1. The number of hydrogen-bond acceptors (Lipinski definition) is 4. The van der Waals surface area contributed by atoms with E-state index in [9.17, 15) is 19.1 Å². The van der Waals surface area contributed by atoms with Crippen molar-refractivity contribution in [2.24, 2.45) is 5.92 Å². The number of likely N-dealkylation sites (tertiary alicyclic amines) is 1. The van der Waals surface area contributed by atoms with Crippen molar-refractivity contribution in [1.29, 1.82) is 0 Å². The fourth-order valence-corrected chi connectivity index (χ4v) is 3.09. The molecular weight excluding hydrogens is 327 g/mol. The highest BCUT2D eigenvalue weighted by Gasteiger charge is 2.34. The molecule has 1 aromatic heterocycles. The number of carboxylic acids is 1. The van der Waals surface area contributed by atoms with Gasteiger partial charge >= 0.3 is 5.97 Å². The van der Waals surface area contributed by atoms with Crippen LogP contribution in [0, 0.1) is 18.7 Å². The van der Waals surface area contributed by atoms with Crippen LogP contribution in [0.15, 0.2) is 24.4 Å². The second-order valence-electron chi connectivity index (χ2n) is 6.40. The highest BCUT2D eigenvalue weighted by molar-refractivity contribution is 5.92. The van der Waals surface area contributed by atoms with Crippen molar-refractivity contribution < 1.29 is 19.1 Å². The molecule has 3 rings (SSSR count). The molecule has 2 unspecified atom stereocenters. The predicted molar refractivity (Wildman–Crippen MR) is 86.9 cm³/mol. The quantitative estimate of drug-likeness (QED) is 0.919. The normalized spacial score (nSPS) is 20.5. The van der Waals surface area contributed by atoms with E-state index in [1.54, 1.807) is 13.0 Å². The predicted octanol–water partition coefficient (Wildman–Crippen LogP) is 2.04. The Hall–Kier alpha value is -2.77. The summed E-state index contributed by atoms with van der Waals surface area (Å²) < 4.78 is 14.7. The molecule has 0 aliphatic carbocycles. The van der Waals surface area contributed by atoms with Gasteiger partial charge in [0.15, 0.2) is 5.69 Å². The van der Waals surface area contributed by atoms with E-state index in [-0.39, 0.29) is 30.0 Å². The van der Waals surface area contributed by atoms with Crippen LogP contribution >= 0.6 is 0 Å². The van der Waals surface area contributed by atoms with Gasteiger partial charge in [-0.05, 0) is 50.5 Å². The highest BCUT2D eigenvalue weighted by atomic mass is 19.1. The van der Waals surface area contributed by atoms with Crippen molar-refractivity contribution in [3.63, 3.8) is 0 Å². The molecule has 2 heterocycles. The minimum atomic E-state index is -0.893. The van der Waals surface area contributed by atoms with Crippen LogP contribution in [0.25, 0.3) is 5.69 Å². The molecule has 2 aromatic rings. The summed E-state index contributed by atoms with van der Waals surface area (Å²) in [4.78, 5) is 25.5. The maximum Gasteiger partial charge on any atom is 0.308 e. The third kappa shape index (κ3) is 3.38. The lowest BCUT2D eigenvalue weighted by atomic mass is 9.93. The topological polar surface area (TPSA) is 88.3 Å². The van der Waals surface area contributed by atoms with Crippen LogP contribution in [0.1, 0.15) is 35.8 Å². The summed E-state index contributed by atoms with van der Waals surface area (Å²) in [7, 11) is 0. The van der Waals surface area contributed by atoms with Crippen LogP contribution in [0.5, 0.6) is 0 Å². The van der Waals surface area contributed by atoms with Gasteiger partial charge in [-0.2, -0.15) is 0 Å². The maximum atomic E-state index is 13.2. The van der Waals surface area contributed by atoms with E-state index in [0.717, 1.165) is 0 Å². The van der Waals surface area contributed by atoms with E-state index in [1.165, 1.54) is 27.9 Å². The van der Waals surface area contributed by atoms with E-state index in [1.807, 2.05) is 6.92 Å². The molecule has 7 nitrogen and oxygen atoms in total. The summed E-state index contributed by atoms with van der Waals surface area (Å²) in [6.45, 7) is 3.80. The molecule has 1 aliphatic heterocycles. The van der Waals surface area contributed by atoms with E-state index >= 15 is 0 Å². The molecule has 1 N–H and O–H groups in total. The lowest BCUT2D eigenvalue weighted by Crippen LogP contribution is -2.47. The van der Waals surface area contributed by atoms with Crippen LogP contribution in [-0.4, -0.2) is 49.5 Å². The summed E-state index contributed by atoms with van der Waals surface area (Å²) in [5.74, 6) is -2.14. The maximum absolute atomic E-state index is 13.2. The van der Waals surface area contributed by atoms with Gasteiger partial charge < -0.3 is 10.0 Å². The minimum Gasteiger partial charge on any atom is -0.481 e. The zero-order chi connectivity index (χ0) is 18.1. The largest absolute Gasteiger partial charge is 0.481 e. The van der Waals surface area contributed by atoms with Gasteiger partial charge in [0.1, 0.15) is 5.82 Å². The number of carboxylic acid groups (broad SMARTS) is 1. The molecule has 132 valence electrons. The first-order chi connectivity index (χ1) is 11.9. The molecule has 1 fully saturated rings. The van der Waals surface area contributed by atoms with E-state index < -0.39 is 11.9 Å². The van der Waals surface area contributed by atoms with Gasteiger partial charge in [0.05, 0.1) is 17.8 Å². The molecule has 1 aromatic carbocycles. The van der Waals surface area contributed by atoms with Crippen LogP contribution in [-0.2, 0) is 4.79 Å². The Balaban J connectivity index is 1.83. The molecule has 1 amide bonds. The summed E-state index contributed by atoms with van der Waals surface area (Å²) in [5.41, 5.74) is 1.44. The number of aryl methyl sites for hydroxylation is 1. The van der Waals surface area contributed by atoms with Crippen LogP contribution < -0.4 is 0 Å². The van der Waals surface area contributed by atoms with Crippen LogP contribution in [0.4, 0.5) is 4.39 Å². The van der Waals surface area contributed by atoms with Crippen molar-refractivity contribution in [3.8, 4) is 5.69 Å². The molecule has 0 spiro atoms. The first-order valence-corrected chi connectivity index (χ1v) is 8.09. The first kappa shape index (κ1) is 17.1. The monoisotopic (exact) mass is 346 g/mol. The molecule has 8 heteroatoms. The highest BCUT2D eigenvalue weighted by Crippen LogP contribution is 2.24. The average molecular weight is 346 g/mol. The number of aromatic nitrogens is 3. The molecule has 0 radical (unpaired) electrons. The summed E-state index contributed by atoms with van der Waals surface area (Å²) >= 11 is 0. The zero-order valence-corrected chi connectivity index (χ0v) is 14.0. The minimum absolute atomic E-state index is 0.0548. The molecule has 25 heavy (non-hydrogen) atoms. The van der Waals surface area contributed by atoms with Crippen molar-refractivity contribution in [1.82, 2.24) is 19.9 Å². The Morgan fingerprint density at radius 2 is 2.08 bits per heavy atom. The molecule has 1 saturated heterocycles. The number of benzene rings is 1. The van der Waals surface area contributed by atoms with E-state index in [0.29, 0.717) is 24.1 Å². The average Bonchev–Trinajstić information content (AvgIpc) is 3.04. The number of rotatable bonds is 3. The number of carbonyl (C=O) groups excluding carboxylic acids is 1. The molecular formula is C17H19FN4O3. The fraction of sp³-hybridized carbons (Fsp3) is 0.412.